The van der Waals surface area contributed by atoms with Gasteiger partial charge in [0.2, 0.25) is 0 Å². The summed E-state index contributed by atoms with van der Waals surface area (Å²) in [6.07, 6.45) is 0. The van der Waals surface area contributed by atoms with Crippen LogP contribution in [-0.2, 0) is 16.2 Å². The number of rotatable bonds is 6. The molecule has 0 saturated carbocycles. The molecule has 5 aliphatic rings. The second-order valence-electron chi connectivity index (χ2n) is 22.9. The molecular weight excluding hydrogens is 1030 g/mol. The number of nitrogens with zero attached hydrogens (tertiary/aromatic N) is 1. The number of benzene rings is 13. The van der Waals surface area contributed by atoms with E-state index in [1.807, 2.05) is 11.8 Å². The third kappa shape index (κ3) is 6.21. The van der Waals surface area contributed by atoms with E-state index >= 15 is 0 Å². The second kappa shape index (κ2) is 17.9. The third-order valence-electron chi connectivity index (χ3n) is 19.1. The van der Waals surface area contributed by atoms with Crippen molar-refractivity contribution in [1.82, 2.24) is 0 Å². The summed E-state index contributed by atoms with van der Waals surface area (Å²) in [6.45, 7) is 0. The molecule has 13 aromatic carbocycles. The van der Waals surface area contributed by atoms with Gasteiger partial charge in [-0.2, -0.15) is 0 Å². The number of fused-ring (bicyclic) bond motifs is 21. The molecule has 18 rings (SSSR count). The highest BCUT2D eigenvalue weighted by Gasteiger charge is 2.54. The minimum atomic E-state index is -0.637. The molecule has 0 amide bonds. The Kier molecular flexibility index (Phi) is 10.1. The summed E-state index contributed by atoms with van der Waals surface area (Å²) >= 11 is 1.89. The van der Waals surface area contributed by atoms with Gasteiger partial charge in [-0.05, 0) is 155 Å². The molecular formula is C81H51NOS. The molecule has 0 atom stereocenters. The fourth-order valence-electron chi connectivity index (χ4n) is 15.9. The first-order chi connectivity index (χ1) is 41.7. The fraction of sp³-hybridized carbons (Fsp3) is 0.0370. The number of anilines is 3. The van der Waals surface area contributed by atoms with Gasteiger partial charge >= 0.3 is 0 Å². The molecule has 0 aromatic heterocycles. The molecule has 3 aliphatic carbocycles. The lowest BCUT2D eigenvalue weighted by Gasteiger charge is -2.40. The average Bonchev–Trinajstić information content (AvgIpc) is 1.81. The average molecular weight is 1090 g/mol. The maximum atomic E-state index is 6.82. The Bertz CT molecular complexity index is 4740. The Morgan fingerprint density at radius 3 is 1.29 bits per heavy atom. The molecule has 0 bridgehead atoms. The molecule has 0 saturated heterocycles. The maximum absolute atomic E-state index is 6.82. The van der Waals surface area contributed by atoms with Gasteiger partial charge in [0.05, 0.1) is 21.9 Å². The van der Waals surface area contributed by atoms with E-state index in [0.29, 0.717) is 0 Å². The third-order valence-corrected chi connectivity index (χ3v) is 20.2. The van der Waals surface area contributed by atoms with Gasteiger partial charge in [-0.1, -0.05) is 260 Å². The van der Waals surface area contributed by atoms with Crippen molar-refractivity contribution < 1.29 is 4.74 Å². The van der Waals surface area contributed by atoms with Crippen molar-refractivity contribution >= 4 is 28.8 Å². The maximum Gasteiger partial charge on any atom is 0.132 e. The highest BCUT2D eigenvalue weighted by atomic mass is 32.2. The molecule has 0 N–H and O–H groups in total. The lowest BCUT2D eigenvalue weighted by atomic mass is 9.66. The van der Waals surface area contributed by atoms with Crippen LogP contribution < -0.4 is 9.64 Å². The van der Waals surface area contributed by atoms with Crippen molar-refractivity contribution in [2.45, 2.75) is 26.0 Å². The quantitative estimate of drug-likeness (QED) is 0.165. The van der Waals surface area contributed by atoms with Gasteiger partial charge in [0.15, 0.2) is 0 Å². The Hall–Kier alpha value is -10.2. The predicted octanol–water partition coefficient (Wildman–Crippen LogP) is 20.5. The summed E-state index contributed by atoms with van der Waals surface area (Å²) in [5.74, 6) is 1.76. The summed E-state index contributed by atoms with van der Waals surface area (Å²) in [5, 5.41) is 0. The summed E-state index contributed by atoms with van der Waals surface area (Å²) < 4.78 is 6.82. The van der Waals surface area contributed by atoms with Crippen molar-refractivity contribution in [2.24, 2.45) is 0 Å². The Morgan fingerprint density at radius 2 is 0.679 bits per heavy atom. The number of ether oxygens (including phenoxy) is 1. The van der Waals surface area contributed by atoms with Gasteiger partial charge in [0.1, 0.15) is 11.5 Å². The van der Waals surface area contributed by atoms with Gasteiger partial charge < -0.3 is 9.64 Å². The second-order valence-corrected chi connectivity index (χ2v) is 24.0. The van der Waals surface area contributed by atoms with Crippen LogP contribution >= 0.6 is 11.8 Å². The van der Waals surface area contributed by atoms with Crippen molar-refractivity contribution in [3.05, 3.63) is 376 Å². The molecule has 392 valence electrons. The standard InChI is InChI=1S/C81H51NOS/c1-3-22-54(23-4-1)79(55-24-5-2-6-25-55)63-29-10-7-26-58(63)60-48-44-53(50-71(60)79)52-42-45-56(46-43-52)82(57-47-49-61-59-27-8-11-30-64(59)81(72(61)51-57)68-34-15-19-40-76(68)84-77-41-20-16-35-69(77)81)73-37-21-36-70-78(73)62-28-9-12-31-65(62)80(70)66-32-13-17-38-74(66)83-75-39-18-14-33-67(75)80/h1-51H. The van der Waals surface area contributed by atoms with Crippen LogP contribution in [0.25, 0.3) is 44.5 Å². The molecule has 0 unspecified atom stereocenters. The van der Waals surface area contributed by atoms with E-state index in [0.717, 1.165) is 45.3 Å². The van der Waals surface area contributed by atoms with Crippen molar-refractivity contribution in [3.8, 4) is 56.0 Å². The number of hydrogen-bond acceptors (Lipinski definition) is 3. The summed E-state index contributed by atoms with van der Waals surface area (Å²) in [4.78, 5) is 5.13. The van der Waals surface area contributed by atoms with Crippen molar-refractivity contribution in [1.29, 1.82) is 0 Å². The fourth-order valence-corrected chi connectivity index (χ4v) is 17.1. The highest BCUT2D eigenvalue weighted by Crippen LogP contribution is 2.66. The summed E-state index contributed by atoms with van der Waals surface area (Å²) in [6, 6.07) is 116. The van der Waals surface area contributed by atoms with Gasteiger partial charge in [-0.3, -0.25) is 0 Å². The first-order valence-electron chi connectivity index (χ1n) is 29.1. The first kappa shape index (κ1) is 47.4. The van der Waals surface area contributed by atoms with Crippen LogP contribution in [0.15, 0.2) is 319 Å². The molecule has 2 aliphatic heterocycles. The SMILES string of the molecule is c1ccc(C2(c3ccccc3)c3ccccc3-c3ccc(-c4ccc(N(c5ccc6c(c5)C5(c7ccccc7Sc7ccccc75)c5ccccc5-6)c5cccc6c5-c5ccccc5C65c6ccccc6Oc6ccccc65)cc4)cc32)cc1. The zero-order valence-corrected chi connectivity index (χ0v) is 46.5. The molecule has 13 aromatic rings. The van der Waals surface area contributed by atoms with Crippen molar-refractivity contribution in [2.75, 3.05) is 4.90 Å². The molecule has 3 heteroatoms. The van der Waals surface area contributed by atoms with E-state index in [2.05, 4.69) is 314 Å². The largest absolute Gasteiger partial charge is 0.457 e. The molecule has 0 fully saturated rings. The van der Waals surface area contributed by atoms with E-state index in [1.165, 1.54) is 104 Å². The lowest BCUT2D eigenvalue weighted by Crippen LogP contribution is -2.32. The number of hydrogen-bond donors (Lipinski definition) is 0. The van der Waals surface area contributed by atoms with E-state index in [9.17, 15) is 0 Å². The van der Waals surface area contributed by atoms with E-state index < -0.39 is 16.2 Å². The minimum Gasteiger partial charge on any atom is -0.457 e. The molecule has 2 heterocycles. The molecule has 2 nitrogen and oxygen atoms in total. The van der Waals surface area contributed by atoms with Crippen LogP contribution in [0.5, 0.6) is 11.5 Å². The van der Waals surface area contributed by atoms with Crippen LogP contribution in [0.2, 0.25) is 0 Å². The first-order valence-corrected chi connectivity index (χ1v) is 30.0. The monoisotopic (exact) mass is 1090 g/mol. The predicted molar refractivity (Wildman–Crippen MR) is 343 cm³/mol. The zero-order valence-electron chi connectivity index (χ0n) is 45.7. The zero-order chi connectivity index (χ0) is 55.1. The lowest BCUT2D eigenvalue weighted by molar-refractivity contribution is 0.436. The van der Waals surface area contributed by atoms with Crippen molar-refractivity contribution in [3.63, 3.8) is 0 Å². The summed E-state index contributed by atoms with van der Waals surface area (Å²) in [7, 11) is 0. The Morgan fingerprint density at radius 1 is 0.262 bits per heavy atom. The van der Waals surface area contributed by atoms with Gasteiger partial charge in [-0.25, -0.2) is 0 Å². The Labute approximate surface area is 493 Å². The van der Waals surface area contributed by atoms with Gasteiger partial charge in [-0.15, -0.1) is 0 Å². The highest BCUT2D eigenvalue weighted by molar-refractivity contribution is 7.99. The number of para-hydroxylation sites is 2. The minimum absolute atomic E-state index is 0.503. The molecule has 2 spiro atoms. The van der Waals surface area contributed by atoms with Crippen LogP contribution in [0.3, 0.4) is 0 Å². The normalized spacial score (nSPS) is 14.8. The summed E-state index contributed by atoms with van der Waals surface area (Å²) in [5.41, 5.74) is 26.6. The topological polar surface area (TPSA) is 12.5 Å². The van der Waals surface area contributed by atoms with Crippen LogP contribution in [0.4, 0.5) is 17.1 Å². The smallest absolute Gasteiger partial charge is 0.132 e. The van der Waals surface area contributed by atoms with E-state index in [1.54, 1.807) is 0 Å². The molecule has 0 radical (unpaired) electrons. The van der Waals surface area contributed by atoms with Gasteiger partial charge in [0, 0.05) is 37.9 Å². The van der Waals surface area contributed by atoms with E-state index in [4.69, 9.17) is 4.74 Å². The van der Waals surface area contributed by atoms with Crippen LogP contribution in [-0.4, -0.2) is 0 Å². The van der Waals surface area contributed by atoms with Crippen LogP contribution in [0.1, 0.15) is 66.8 Å². The van der Waals surface area contributed by atoms with Crippen LogP contribution in [0, 0.1) is 0 Å². The van der Waals surface area contributed by atoms with Gasteiger partial charge in [0.25, 0.3) is 0 Å². The van der Waals surface area contributed by atoms with E-state index in [-0.39, 0.29) is 0 Å². The Balaban J connectivity index is 0.876. The molecule has 84 heavy (non-hydrogen) atoms.